The third-order valence-electron chi connectivity index (χ3n) is 3.34. The number of hydrogen-bond donors (Lipinski definition) is 0. The Bertz CT molecular complexity index is 476. The van der Waals surface area contributed by atoms with E-state index in [2.05, 4.69) is 16.9 Å². The molecule has 0 radical (unpaired) electrons. The Kier molecular flexibility index (Phi) is 3.85. The zero-order valence-electron chi connectivity index (χ0n) is 10.4. The lowest BCUT2D eigenvalue weighted by atomic mass is 10.0. The second-order valence-corrected chi connectivity index (χ2v) is 4.58. The van der Waals surface area contributed by atoms with Gasteiger partial charge in [0, 0.05) is 28.7 Å². The molecule has 0 N–H and O–H groups in total. The molecule has 1 aliphatic heterocycles. The Morgan fingerprint density at radius 2 is 2.11 bits per heavy atom. The summed E-state index contributed by atoms with van der Waals surface area (Å²) in [5.41, 5.74) is 9.50. The van der Waals surface area contributed by atoms with Gasteiger partial charge in [-0.05, 0) is 43.9 Å². The second kappa shape index (κ2) is 5.56. The molecule has 1 unspecified atom stereocenters. The van der Waals surface area contributed by atoms with Crippen LogP contribution < -0.4 is 0 Å². The SMILES string of the molecule is CC1CCCCN1C(=O)c1ccc(N=[N+]=[N-])cc1. The minimum Gasteiger partial charge on any atom is -0.336 e. The molecule has 5 nitrogen and oxygen atoms in total. The van der Waals surface area contributed by atoms with Crippen LogP contribution in [0.25, 0.3) is 10.4 Å². The molecule has 1 amide bonds. The standard InChI is InChI=1S/C13H16N4O/c1-10-4-2-3-9-17(10)13(18)11-5-7-12(8-6-11)15-16-14/h5-8,10H,2-4,9H2,1H3. The van der Waals surface area contributed by atoms with Gasteiger partial charge in [0.15, 0.2) is 0 Å². The Morgan fingerprint density at radius 3 is 2.72 bits per heavy atom. The van der Waals surface area contributed by atoms with Crippen molar-refractivity contribution in [1.29, 1.82) is 0 Å². The van der Waals surface area contributed by atoms with Gasteiger partial charge >= 0.3 is 0 Å². The lowest BCUT2D eigenvalue weighted by Gasteiger charge is -2.33. The van der Waals surface area contributed by atoms with Crippen molar-refractivity contribution in [2.75, 3.05) is 6.54 Å². The van der Waals surface area contributed by atoms with Crippen molar-refractivity contribution in [3.8, 4) is 0 Å². The number of azide groups is 1. The van der Waals surface area contributed by atoms with Crippen LogP contribution in [0.2, 0.25) is 0 Å². The molecule has 94 valence electrons. The molecule has 1 fully saturated rings. The summed E-state index contributed by atoms with van der Waals surface area (Å²) in [6.45, 7) is 2.92. The van der Waals surface area contributed by atoms with Crippen LogP contribution in [0.1, 0.15) is 36.5 Å². The Labute approximate surface area is 106 Å². The largest absolute Gasteiger partial charge is 0.336 e. The summed E-state index contributed by atoms with van der Waals surface area (Å²) in [5, 5.41) is 3.49. The predicted octanol–water partition coefficient (Wildman–Crippen LogP) is 3.64. The number of piperidine rings is 1. The Balaban J connectivity index is 2.15. The average molecular weight is 244 g/mol. The van der Waals surface area contributed by atoms with E-state index in [1.54, 1.807) is 24.3 Å². The van der Waals surface area contributed by atoms with Crippen LogP contribution in [0.4, 0.5) is 5.69 Å². The van der Waals surface area contributed by atoms with E-state index in [0.29, 0.717) is 17.3 Å². The summed E-state index contributed by atoms with van der Waals surface area (Å²) in [5.74, 6) is 0.0645. The van der Waals surface area contributed by atoms with Gasteiger partial charge in [0.25, 0.3) is 5.91 Å². The predicted molar refractivity (Wildman–Crippen MR) is 69.6 cm³/mol. The molecule has 0 bridgehead atoms. The van der Waals surface area contributed by atoms with Crippen LogP contribution in [0.3, 0.4) is 0 Å². The van der Waals surface area contributed by atoms with Gasteiger partial charge in [-0.15, -0.1) is 0 Å². The average Bonchev–Trinajstić information content (AvgIpc) is 2.40. The molecule has 0 spiro atoms. The van der Waals surface area contributed by atoms with Gasteiger partial charge in [-0.25, -0.2) is 0 Å². The quantitative estimate of drug-likeness (QED) is 0.444. The van der Waals surface area contributed by atoms with E-state index in [-0.39, 0.29) is 5.91 Å². The molecule has 1 heterocycles. The number of nitrogens with zero attached hydrogens (tertiary/aromatic N) is 4. The summed E-state index contributed by atoms with van der Waals surface area (Å²) < 4.78 is 0. The summed E-state index contributed by atoms with van der Waals surface area (Å²) in [6.07, 6.45) is 3.34. The lowest BCUT2D eigenvalue weighted by Crippen LogP contribution is -2.41. The van der Waals surface area contributed by atoms with E-state index in [1.165, 1.54) is 6.42 Å². The fourth-order valence-electron chi connectivity index (χ4n) is 2.29. The number of amides is 1. The van der Waals surface area contributed by atoms with Gasteiger partial charge in [-0.1, -0.05) is 17.2 Å². The van der Waals surface area contributed by atoms with Crippen molar-refractivity contribution in [1.82, 2.24) is 4.90 Å². The summed E-state index contributed by atoms with van der Waals surface area (Å²) in [6, 6.07) is 7.08. The fourth-order valence-corrected chi connectivity index (χ4v) is 2.29. The van der Waals surface area contributed by atoms with Crippen molar-refractivity contribution in [2.24, 2.45) is 5.11 Å². The minimum atomic E-state index is 0.0645. The molecule has 1 atom stereocenters. The highest BCUT2D eigenvalue weighted by Crippen LogP contribution is 2.20. The lowest BCUT2D eigenvalue weighted by molar-refractivity contribution is 0.0635. The maximum absolute atomic E-state index is 12.3. The minimum absolute atomic E-state index is 0.0645. The molecule has 5 heteroatoms. The van der Waals surface area contributed by atoms with Gasteiger partial charge in [-0.2, -0.15) is 0 Å². The molecule has 1 aliphatic rings. The van der Waals surface area contributed by atoms with E-state index in [9.17, 15) is 4.79 Å². The first-order valence-electron chi connectivity index (χ1n) is 6.18. The molecule has 1 saturated heterocycles. The number of hydrogen-bond acceptors (Lipinski definition) is 2. The van der Waals surface area contributed by atoms with E-state index in [4.69, 9.17) is 5.53 Å². The second-order valence-electron chi connectivity index (χ2n) is 4.58. The van der Waals surface area contributed by atoms with Crippen molar-refractivity contribution in [2.45, 2.75) is 32.2 Å². The normalized spacial score (nSPS) is 19.2. The highest BCUT2D eigenvalue weighted by atomic mass is 16.2. The molecule has 18 heavy (non-hydrogen) atoms. The summed E-state index contributed by atoms with van der Waals surface area (Å²) >= 11 is 0. The highest BCUT2D eigenvalue weighted by molar-refractivity contribution is 5.94. The van der Waals surface area contributed by atoms with Crippen LogP contribution in [0.15, 0.2) is 29.4 Å². The van der Waals surface area contributed by atoms with Gasteiger partial charge in [0.05, 0.1) is 0 Å². The summed E-state index contributed by atoms with van der Waals surface area (Å²) in [4.78, 5) is 16.9. The van der Waals surface area contributed by atoms with Crippen LogP contribution in [-0.2, 0) is 0 Å². The Hall–Kier alpha value is -2.00. The van der Waals surface area contributed by atoms with Gasteiger partial charge in [-0.3, -0.25) is 4.79 Å². The zero-order valence-corrected chi connectivity index (χ0v) is 10.4. The molecule has 0 aliphatic carbocycles. The molecular weight excluding hydrogens is 228 g/mol. The number of likely N-dealkylation sites (tertiary alicyclic amines) is 1. The van der Waals surface area contributed by atoms with Crippen LogP contribution in [0, 0.1) is 0 Å². The van der Waals surface area contributed by atoms with Gasteiger partial charge < -0.3 is 4.90 Å². The number of carbonyl (C=O) groups is 1. The van der Waals surface area contributed by atoms with E-state index in [1.807, 2.05) is 4.90 Å². The first-order valence-corrected chi connectivity index (χ1v) is 6.18. The maximum Gasteiger partial charge on any atom is 0.254 e. The first kappa shape index (κ1) is 12.5. The zero-order chi connectivity index (χ0) is 13.0. The molecule has 1 aromatic carbocycles. The monoisotopic (exact) mass is 244 g/mol. The first-order chi connectivity index (χ1) is 8.72. The molecule has 0 saturated carbocycles. The number of benzene rings is 1. The van der Waals surface area contributed by atoms with E-state index in [0.717, 1.165) is 19.4 Å². The van der Waals surface area contributed by atoms with Gasteiger partial charge in [0.2, 0.25) is 0 Å². The highest BCUT2D eigenvalue weighted by Gasteiger charge is 2.23. The van der Waals surface area contributed by atoms with Crippen LogP contribution >= 0.6 is 0 Å². The smallest absolute Gasteiger partial charge is 0.254 e. The third-order valence-corrected chi connectivity index (χ3v) is 3.34. The number of carbonyl (C=O) groups excluding carboxylic acids is 1. The number of rotatable bonds is 2. The summed E-state index contributed by atoms with van der Waals surface area (Å²) in [7, 11) is 0. The van der Waals surface area contributed by atoms with Crippen LogP contribution in [-0.4, -0.2) is 23.4 Å². The van der Waals surface area contributed by atoms with Crippen molar-refractivity contribution >= 4 is 11.6 Å². The van der Waals surface area contributed by atoms with Crippen LogP contribution in [0.5, 0.6) is 0 Å². The van der Waals surface area contributed by atoms with Crippen molar-refractivity contribution < 1.29 is 4.79 Å². The molecular formula is C13H16N4O. The molecule has 1 aromatic rings. The van der Waals surface area contributed by atoms with Gasteiger partial charge in [0.1, 0.15) is 0 Å². The third kappa shape index (κ3) is 2.63. The fraction of sp³-hybridized carbons (Fsp3) is 0.462. The molecule has 2 rings (SSSR count). The van der Waals surface area contributed by atoms with E-state index < -0.39 is 0 Å². The molecule has 0 aromatic heterocycles. The van der Waals surface area contributed by atoms with E-state index >= 15 is 0 Å². The topological polar surface area (TPSA) is 69.1 Å². The van der Waals surface area contributed by atoms with Crippen molar-refractivity contribution in [3.63, 3.8) is 0 Å². The Morgan fingerprint density at radius 1 is 1.39 bits per heavy atom. The van der Waals surface area contributed by atoms with Crippen molar-refractivity contribution in [3.05, 3.63) is 40.3 Å². The maximum atomic E-state index is 12.3.